The molecule has 1 amide bonds. The monoisotopic (exact) mass is 374 g/mol. The van der Waals surface area contributed by atoms with Gasteiger partial charge in [-0.05, 0) is 17.2 Å². The number of carbonyl (C=O) groups is 1. The average Bonchev–Trinajstić information content (AvgIpc) is 3.40. The van der Waals surface area contributed by atoms with Gasteiger partial charge in [0, 0.05) is 29.9 Å². The molecule has 0 spiro atoms. The fourth-order valence-corrected chi connectivity index (χ4v) is 3.51. The van der Waals surface area contributed by atoms with E-state index in [1.807, 2.05) is 59.4 Å². The van der Waals surface area contributed by atoms with Crippen molar-refractivity contribution in [3.63, 3.8) is 0 Å². The lowest BCUT2D eigenvalue weighted by atomic mass is 10.1. The Morgan fingerprint density at radius 1 is 1.00 bits per heavy atom. The Morgan fingerprint density at radius 2 is 1.78 bits per heavy atom. The minimum absolute atomic E-state index is 0.158. The van der Waals surface area contributed by atoms with E-state index in [-0.39, 0.29) is 5.91 Å². The first-order valence-electron chi connectivity index (χ1n) is 8.62. The molecule has 134 valence electrons. The van der Waals surface area contributed by atoms with Gasteiger partial charge in [0.2, 0.25) is 0 Å². The molecule has 0 aliphatic rings. The zero-order chi connectivity index (χ0) is 18.5. The van der Waals surface area contributed by atoms with Gasteiger partial charge in [0.25, 0.3) is 5.91 Å². The fourth-order valence-electron chi connectivity index (χ4n) is 2.71. The summed E-state index contributed by atoms with van der Waals surface area (Å²) in [5.74, 6) is -0.158. The number of nitrogens with zero attached hydrogens (tertiary/aromatic N) is 3. The van der Waals surface area contributed by atoms with Crippen LogP contribution in [0.1, 0.15) is 21.6 Å². The molecule has 0 bridgehead atoms. The van der Waals surface area contributed by atoms with Crippen LogP contribution >= 0.6 is 11.3 Å². The number of benzene rings is 2. The Morgan fingerprint density at radius 3 is 2.52 bits per heavy atom. The SMILES string of the molecule is O=C(NCc1ccc(Cn2cccn2)cc1)c1csc(-c2ccccc2)n1. The van der Waals surface area contributed by atoms with Crippen LogP contribution in [-0.2, 0) is 13.1 Å². The lowest BCUT2D eigenvalue weighted by Gasteiger charge is -2.06. The first kappa shape index (κ1) is 17.2. The molecule has 4 rings (SSSR count). The summed E-state index contributed by atoms with van der Waals surface area (Å²) in [5, 5.41) is 9.78. The minimum Gasteiger partial charge on any atom is -0.347 e. The Bertz CT molecular complexity index is 1010. The van der Waals surface area contributed by atoms with E-state index in [4.69, 9.17) is 0 Å². The van der Waals surface area contributed by atoms with Crippen LogP contribution < -0.4 is 5.32 Å². The van der Waals surface area contributed by atoms with Crippen LogP contribution in [0, 0.1) is 0 Å². The lowest BCUT2D eigenvalue weighted by Crippen LogP contribution is -2.23. The molecule has 27 heavy (non-hydrogen) atoms. The number of hydrogen-bond donors (Lipinski definition) is 1. The molecule has 5 nitrogen and oxygen atoms in total. The predicted molar refractivity (Wildman–Crippen MR) is 106 cm³/mol. The molecule has 2 aromatic carbocycles. The summed E-state index contributed by atoms with van der Waals surface area (Å²) in [6.45, 7) is 1.21. The fraction of sp³-hybridized carbons (Fsp3) is 0.0952. The molecule has 0 unspecified atom stereocenters. The Labute approximate surface area is 161 Å². The van der Waals surface area contributed by atoms with Gasteiger partial charge >= 0.3 is 0 Å². The summed E-state index contributed by atoms with van der Waals surface area (Å²) in [7, 11) is 0. The van der Waals surface area contributed by atoms with Gasteiger partial charge in [-0.1, -0.05) is 54.6 Å². The molecule has 6 heteroatoms. The van der Waals surface area contributed by atoms with Gasteiger partial charge in [0.15, 0.2) is 0 Å². The van der Waals surface area contributed by atoms with E-state index in [0.29, 0.717) is 12.2 Å². The number of carbonyl (C=O) groups excluding carboxylic acids is 1. The number of hydrogen-bond acceptors (Lipinski definition) is 4. The van der Waals surface area contributed by atoms with Crippen molar-refractivity contribution >= 4 is 17.2 Å². The molecule has 0 aliphatic heterocycles. The van der Waals surface area contributed by atoms with Crippen molar-refractivity contribution in [3.8, 4) is 10.6 Å². The molecule has 1 N–H and O–H groups in total. The summed E-state index contributed by atoms with van der Waals surface area (Å²) in [6.07, 6.45) is 3.71. The molecule has 2 aromatic heterocycles. The van der Waals surface area contributed by atoms with E-state index < -0.39 is 0 Å². The number of nitrogens with one attached hydrogen (secondary N) is 1. The van der Waals surface area contributed by atoms with Gasteiger partial charge in [-0.3, -0.25) is 9.48 Å². The Kier molecular flexibility index (Phi) is 5.07. The smallest absolute Gasteiger partial charge is 0.271 e. The maximum atomic E-state index is 12.4. The molecule has 2 heterocycles. The van der Waals surface area contributed by atoms with Crippen LogP contribution in [0.4, 0.5) is 0 Å². The number of rotatable bonds is 6. The molecule has 4 aromatic rings. The number of aromatic nitrogens is 3. The van der Waals surface area contributed by atoms with Crippen LogP contribution in [0.3, 0.4) is 0 Å². The Balaban J connectivity index is 1.34. The maximum Gasteiger partial charge on any atom is 0.271 e. The van der Waals surface area contributed by atoms with Crippen LogP contribution in [-0.4, -0.2) is 20.7 Å². The van der Waals surface area contributed by atoms with Crippen LogP contribution in [0.5, 0.6) is 0 Å². The predicted octanol–water partition coefficient (Wildman–Crippen LogP) is 3.98. The molecular weight excluding hydrogens is 356 g/mol. The zero-order valence-corrected chi connectivity index (χ0v) is 15.4. The molecule has 0 fully saturated rings. The summed E-state index contributed by atoms with van der Waals surface area (Å²) in [6, 6.07) is 19.9. The molecule has 0 aliphatic carbocycles. The van der Waals surface area contributed by atoms with Gasteiger partial charge in [-0.25, -0.2) is 4.98 Å². The molecule has 0 atom stereocenters. The second-order valence-electron chi connectivity index (χ2n) is 6.11. The van der Waals surface area contributed by atoms with Crippen molar-refractivity contribution in [2.24, 2.45) is 0 Å². The van der Waals surface area contributed by atoms with Gasteiger partial charge in [-0.2, -0.15) is 5.10 Å². The van der Waals surface area contributed by atoms with Crippen LogP contribution in [0.25, 0.3) is 10.6 Å². The molecule has 0 radical (unpaired) electrons. The van der Waals surface area contributed by atoms with Gasteiger partial charge < -0.3 is 5.32 Å². The molecule has 0 saturated carbocycles. The van der Waals surface area contributed by atoms with E-state index in [9.17, 15) is 4.79 Å². The normalized spacial score (nSPS) is 10.7. The summed E-state index contributed by atoms with van der Waals surface area (Å²) in [5.41, 5.74) is 3.69. The first-order valence-corrected chi connectivity index (χ1v) is 9.50. The third-order valence-corrected chi connectivity index (χ3v) is 5.03. The van der Waals surface area contributed by atoms with Crippen molar-refractivity contribution in [3.05, 3.63) is 95.3 Å². The molecular formula is C21H18N4OS. The van der Waals surface area contributed by atoms with Crippen molar-refractivity contribution in [2.75, 3.05) is 0 Å². The average molecular weight is 374 g/mol. The molecule has 0 saturated heterocycles. The van der Waals surface area contributed by atoms with Crippen molar-refractivity contribution in [2.45, 2.75) is 13.1 Å². The van der Waals surface area contributed by atoms with Crippen molar-refractivity contribution < 1.29 is 4.79 Å². The summed E-state index contributed by atoms with van der Waals surface area (Å²) in [4.78, 5) is 16.8. The van der Waals surface area contributed by atoms with Crippen molar-refractivity contribution in [1.29, 1.82) is 0 Å². The van der Waals surface area contributed by atoms with Crippen molar-refractivity contribution in [1.82, 2.24) is 20.1 Å². The highest BCUT2D eigenvalue weighted by atomic mass is 32.1. The first-order chi connectivity index (χ1) is 13.3. The summed E-state index contributed by atoms with van der Waals surface area (Å²) < 4.78 is 1.88. The third-order valence-electron chi connectivity index (χ3n) is 4.14. The van der Waals surface area contributed by atoms with Gasteiger partial charge in [-0.15, -0.1) is 11.3 Å². The quantitative estimate of drug-likeness (QED) is 0.555. The highest BCUT2D eigenvalue weighted by molar-refractivity contribution is 7.13. The van der Waals surface area contributed by atoms with Crippen LogP contribution in [0.15, 0.2) is 78.4 Å². The largest absolute Gasteiger partial charge is 0.347 e. The number of amides is 1. The highest BCUT2D eigenvalue weighted by Crippen LogP contribution is 2.23. The van der Waals surface area contributed by atoms with E-state index in [1.54, 1.807) is 11.6 Å². The lowest BCUT2D eigenvalue weighted by molar-refractivity contribution is 0.0946. The minimum atomic E-state index is -0.158. The van der Waals surface area contributed by atoms with E-state index in [0.717, 1.165) is 22.7 Å². The van der Waals surface area contributed by atoms with E-state index in [2.05, 4.69) is 27.5 Å². The van der Waals surface area contributed by atoms with E-state index in [1.165, 1.54) is 16.9 Å². The number of thiazole rings is 1. The van der Waals surface area contributed by atoms with Gasteiger partial charge in [0.05, 0.1) is 6.54 Å². The van der Waals surface area contributed by atoms with E-state index >= 15 is 0 Å². The topological polar surface area (TPSA) is 59.8 Å². The standard InChI is InChI=1S/C21H18N4OS/c26-20(19-15-27-21(24-19)18-5-2-1-3-6-18)22-13-16-7-9-17(10-8-16)14-25-12-4-11-23-25/h1-12,15H,13-14H2,(H,22,26). The maximum absolute atomic E-state index is 12.4. The second-order valence-corrected chi connectivity index (χ2v) is 6.96. The Hall–Kier alpha value is -3.25. The van der Waals surface area contributed by atoms with Crippen LogP contribution in [0.2, 0.25) is 0 Å². The zero-order valence-electron chi connectivity index (χ0n) is 14.6. The highest BCUT2D eigenvalue weighted by Gasteiger charge is 2.11. The second kappa shape index (κ2) is 7.97. The summed E-state index contributed by atoms with van der Waals surface area (Å²) >= 11 is 1.48. The van der Waals surface area contributed by atoms with Gasteiger partial charge in [0.1, 0.15) is 10.7 Å². The third kappa shape index (κ3) is 4.30.